The number of benzene rings is 3. The standard InChI is InChI=1S/C26H24BrIN6O3S/c1-16(25(36)32-30-14-17-12-18(27)13-22(37-2)24(17)35)38-26-33-31-23(34(26)21-6-4-3-5-7-21)15-29-20-10-8-19(28)9-11-20/h3-14,16,29,35H,15H2,1-2H3,(H,32,36)/b30-14-/t16-/m0/s1. The van der Waals surface area contributed by atoms with Crippen molar-refractivity contribution in [2.24, 2.45) is 5.10 Å². The molecule has 4 aromatic rings. The van der Waals surface area contributed by atoms with Crippen LogP contribution in [0, 0.1) is 3.57 Å². The summed E-state index contributed by atoms with van der Waals surface area (Å²) in [6.07, 6.45) is 1.36. The first-order valence-electron chi connectivity index (χ1n) is 11.4. The number of nitrogens with one attached hydrogen (secondary N) is 2. The number of thioether (sulfide) groups is 1. The van der Waals surface area contributed by atoms with Crippen molar-refractivity contribution >= 4 is 68.1 Å². The van der Waals surface area contributed by atoms with Crippen LogP contribution in [0.5, 0.6) is 11.5 Å². The number of amides is 1. The minimum Gasteiger partial charge on any atom is -0.504 e. The lowest BCUT2D eigenvalue weighted by Crippen LogP contribution is -2.27. The summed E-state index contributed by atoms with van der Waals surface area (Å²) in [6.45, 7) is 2.22. The van der Waals surface area contributed by atoms with Crippen LogP contribution in [0.2, 0.25) is 0 Å². The van der Waals surface area contributed by atoms with E-state index in [1.807, 2.05) is 59.2 Å². The van der Waals surface area contributed by atoms with Gasteiger partial charge in [0.15, 0.2) is 22.5 Å². The Labute approximate surface area is 246 Å². The van der Waals surface area contributed by atoms with Crippen molar-refractivity contribution in [3.05, 3.63) is 86.2 Å². The fourth-order valence-electron chi connectivity index (χ4n) is 3.39. The summed E-state index contributed by atoms with van der Waals surface area (Å²) in [5.74, 6) is 0.609. The van der Waals surface area contributed by atoms with Gasteiger partial charge in [0.25, 0.3) is 5.91 Å². The van der Waals surface area contributed by atoms with Crippen molar-refractivity contribution in [2.45, 2.75) is 23.9 Å². The van der Waals surface area contributed by atoms with Crippen molar-refractivity contribution in [2.75, 3.05) is 12.4 Å². The third kappa shape index (κ3) is 7.05. The van der Waals surface area contributed by atoms with Gasteiger partial charge in [-0.25, -0.2) is 5.43 Å². The first-order chi connectivity index (χ1) is 18.4. The molecule has 12 heteroatoms. The molecule has 1 aromatic heterocycles. The number of phenols is 1. The summed E-state index contributed by atoms with van der Waals surface area (Å²) in [7, 11) is 1.46. The molecule has 0 spiro atoms. The molecule has 1 amide bonds. The molecule has 0 aliphatic rings. The van der Waals surface area contributed by atoms with Crippen molar-refractivity contribution in [1.82, 2.24) is 20.2 Å². The first kappa shape index (κ1) is 27.9. The highest BCUT2D eigenvalue weighted by Crippen LogP contribution is 2.32. The molecular formula is C26H24BrIN6O3S. The molecule has 0 aliphatic carbocycles. The molecule has 0 aliphatic heterocycles. The molecule has 0 radical (unpaired) electrons. The Bertz CT molecular complexity index is 1430. The summed E-state index contributed by atoms with van der Waals surface area (Å²) >= 11 is 6.90. The fourth-order valence-corrected chi connectivity index (χ4v) is 5.09. The van der Waals surface area contributed by atoms with Crippen molar-refractivity contribution in [3.8, 4) is 17.2 Å². The average Bonchev–Trinajstić information content (AvgIpc) is 3.32. The van der Waals surface area contributed by atoms with E-state index in [2.05, 4.69) is 64.6 Å². The Balaban J connectivity index is 1.47. The van der Waals surface area contributed by atoms with E-state index in [1.165, 1.54) is 25.1 Å². The number of rotatable bonds is 10. The SMILES string of the molecule is COc1cc(Br)cc(/C=N\NC(=O)[C@H](C)Sc2nnc(CNc3ccc(I)cc3)n2-c2ccccc2)c1O. The van der Waals surface area contributed by atoms with E-state index < -0.39 is 5.25 Å². The van der Waals surface area contributed by atoms with E-state index in [9.17, 15) is 9.90 Å². The maximum absolute atomic E-state index is 12.8. The molecule has 1 heterocycles. The van der Waals surface area contributed by atoms with Gasteiger partial charge in [-0.2, -0.15) is 5.10 Å². The van der Waals surface area contributed by atoms with E-state index >= 15 is 0 Å². The molecule has 0 saturated heterocycles. The van der Waals surface area contributed by atoms with Gasteiger partial charge in [-0.1, -0.05) is 45.9 Å². The maximum atomic E-state index is 12.8. The smallest absolute Gasteiger partial charge is 0.253 e. The fraction of sp³-hybridized carbons (Fsp3) is 0.154. The monoisotopic (exact) mass is 706 g/mol. The van der Waals surface area contributed by atoms with E-state index in [-0.39, 0.29) is 11.7 Å². The molecule has 196 valence electrons. The average molecular weight is 707 g/mol. The number of nitrogens with zero attached hydrogens (tertiary/aromatic N) is 4. The summed E-state index contributed by atoms with van der Waals surface area (Å²) in [6, 6.07) is 21.1. The number of ether oxygens (including phenoxy) is 1. The quantitative estimate of drug-likeness (QED) is 0.0853. The number of hydrazone groups is 1. The van der Waals surface area contributed by atoms with E-state index in [0.717, 1.165) is 14.9 Å². The zero-order valence-electron chi connectivity index (χ0n) is 20.4. The van der Waals surface area contributed by atoms with Crippen LogP contribution in [0.1, 0.15) is 18.3 Å². The predicted molar refractivity (Wildman–Crippen MR) is 161 cm³/mol. The lowest BCUT2D eigenvalue weighted by molar-refractivity contribution is -0.120. The maximum Gasteiger partial charge on any atom is 0.253 e. The topological polar surface area (TPSA) is 114 Å². The molecule has 3 N–H and O–H groups in total. The Kier molecular flexibility index (Phi) is 9.63. The van der Waals surface area contributed by atoms with Crippen LogP contribution < -0.4 is 15.5 Å². The third-order valence-corrected chi connectivity index (χ3v) is 7.55. The number of para-hydroxylation sites is 1. The van der Waals surface area contributed by atoms with Crippen LogP contribution in [-0.4, -0.2) is 44.4 Å². The molecule has 0 fully saturated rings. The molecule has 1 atom stereocenters. The number of aromatic hydroxyl groups is 1. The van der Waals surface area contributed by atoms with Gasteiger partial charge in [-0.05, 0) is 78.0 Å². The summed E-state index contributed by atoms with van der Waals surface area (Å²) in [4.78, 5) is 12.8. The number of methoxy groups -OCH3 is 1. The molecule has 9 nitrogen and oxygen atoms in total. The van der Waals surface area contributed by atoms with Crippen molar-refractivity contribution in [3.63, 3.8) is 0 Å². The van der Waals surface area contributed by atoms with Crippen LogP contribution in [0.4, 0.5) is 5.69 Å². The number of anilines is 1. The van der Waals surface area contributed by atoms with Gasteiger partial charge in [0, 0.05) is 25.0 Å². The number of carbonyl (C=O) groups is 1. The zero-order chi connectivity index (χ0) is 27.1. The number of aromatic nitrogens is 3. The van der Waals surface area contributed by atoms with Gasteiger partial charge in [0.05, 0.1) is 25.1 Å². The molecule has 38 heavy (non-hydrogen) atoms. The lowest BCUT2D eigenvalue weighted by Gasteiger charge is -2.13. The second-order valence-electron chi connectivity index (χ2n) is 7.97. The number of hydrogen-bond acceptors (Lipinski definition) is 8. The van der Waals surface area contributed by atoms with E-state index in [4.69, 9.17) is 4.74 Å². The third-order valence-electron chi connectivity index (χ3n) is 5.33. The van der Waals surface area contributed by atoms with Gasteiger partial charge in [0.1, 0.15) is 0 Å². The van der Waals surface area contributed by atoms with Crippen LogP contribution >= 0.6 is 50.3 Å². The second-order valence-corrected chi connectivity index (χ2v) is 11.4. The number of phenolic OH excluding ortho intramolecular Hbond substituents is 1. The Morgan fingerprint density at radius 2 is 1.95 bits per heavy atom. The van der Waals surface area contributed by atoms with E-state index in [0.29, 0.717) is 33.3 Å². The van der Waals surface area contributed by atoms with Gasteiger partial charge >= 0.3 is 0 Å². The molecule has 3 aromatic carbocycles. The van der Waals surface area contributed by atoms with Gasteiger partial charge in [-0.15, -0.1) is 10.2 Å². The largest absolute Gasteiger partial charge is 0.504 e. The van der Waals surface area contributed by atoms with Gasteiger partial charge < -0.3 is 15.2 Å². The predicted octanol–water partition coefficient (Wildman–Crippen LogP) is 5.59. The highest BCUT2D eigenvalue weighted by Gasteiger charge is 2.21. The Morgan fingerprint density at radius 1 is 1.21 bits per heavy atom. The minimum atomic E-state index is -0.526. The van der Waals surface area contributed by atoms with Crippen LogP contribution in [0.15, 0.2) is 81.5 Å². The van der Waals surface area contributed by atoms with Crippen LogP contribution in [0.3, 0.4) is 0 Å². The highest BCUT2D eigenvalue weighted by atomic mass is 127. The van der Waals surface area contributed by atoms with Crippen molar-refractivity contribution < 1.29 is 14.6 Å². The number of hydrogen-bond donors (Lipinski definition) is 3. The number of carbonyl (C=O) groups excluding carboxylic acids is 1. The highest BCUT2D eigenvalue weighted by molar-refractivity contribution is 14.1. The summed E-state index contributed by atoms with van der Waals surface area (Å²) in [5.41, 5.74) is 4.79. The second kappa shape index (κ2) is 13.1. The number of halogens is 2. The Hall–Kier alpha value is -3.10. The molecule has 0 saturated carbocycles. The van der Waals surface area contributed by atoms with Crippen LogP contribution in [-0.2, 0) is 11.3 Å². The van der Waals surface area contributed by atoms with Crippen molar-refractivity contribution in [1.29, 1.82) is 0 Å². The van der Waals surface area contributed by atoms with E-state index in [1.54, 1.807) is 19.1 Å². The summed E-state index contributed by atoms with van der Waals surface area (Å²) < 4.78 is 8.94. The molecule has 0 bridgehead atoms. The minimum absolute atomic E-state index is 0.0709. The molecule has 4 rings (SSSR count). The van der Waals surface area contributed by atoms with Gasteiger partial charge in [-0.3, -0.25) is 9.36 Å². The normalized spacial score (nSPS) is 11.9. The molecular weight excluding hydrogens is 683 g/mol. The lowest BCUT2D eigenvalue weighted by atomic mass is 10.2. The first-order valence-corrected chi connectivity index (χ1v) is 14.2. The Morgan fingerprint density at radius 3 is 2.66 bits per heavy atom. The van der Waals surface area contributed by atoms with Crippen LogP contribution in [0.25, 0.3) is 5.69 Å². The summed E-state index contributed by atoms with van der Waals surface area (Å²) in [5, 5.41) is 26.5. The molecule has 0 unspecified atom stereocenters. The zero-order valence-corrected chi connectivity index (χ0v) is 25.0. The van der Waals surface area contributed by atoms with Gasteiger partial charge in [0.2, 0.25) is 0 Å².